The first kappa shape index (κ1) is 23.4. The summed E-state index contributed by atoms with van der Waals surface area (Å²) in [5.74, 6) is -0.919. The number of anilines is 2. The number of benzene rings is 3. The Morgan fingerprint density at radius 3 is 2.50 bits per heavy atom. The molecule has 0 aliphatic carbocycles. The fourth-order valence-corrected chi connectivity index (χ4v) is 4.86. The molecular weight excluding hydrogens is 457 g/mol. The molecule has 1 saturated heterocycles. The van der Waals surface area contributed by atoms with E-state index in [1.807, 2.05) is 11.0 Å². The Labute approximate surface area is 197 Å². The lowest BCUT2D eigenvalue weighted by molar-refractivity contribution is -0.133. The maximum Gasteiger partial charge on any atom is 0.261 e. The summed E-state index contributed by atoms with van der Waals surface area (Å²) in [6, 6.07) is 17.8. The highest BCUT2D eigenvalue weighted by Gasteiger charge is 2.20. The van der Waals surface area contributed by atoms with Crippen molar-refractivity contribution >= 4 is 33.2 Å². The molecule has 176 valence electrons. The van der Waals surface area contributed by atoms with Crippen molar-refractivity contribution in [3.8, 4) is 0 Å². The Kier molecular flexibility index (Phi) is 6.93. The summed E-state index contributed by atoms with van der Waals surface area (Å²) in [6.07, 6.45) is 2.45. The van der Waals surface area contributed by atoms with Crippen molar-refractivity contribution in [1.82, 2.24) is 4.90 Å². The number of hydrogen-bond donors (Lipinski definition) is 2. The lowest BCUT2D eigenvalue weighted by Crippen LogP contribution is -2.34. The van der Waals surface area contributed by atoms with Gasteiger partial charge in [0.05, 0.1) is 16.1 Å². The van der Waals surface area contributed by atoms with Crippen molar-refractivity contribution in [2.45, 2.75) is 30.7 Å². The van der Waals surface area contributed by atoms with Crippen LogP contribution in [0.4, 0.5) is 15.8 Å². The van der Waals surface area contributed by atoms with Crippen LogP contribution >= 0.6 is 0 Å². The first-order valence-corrected chi connectivity index (χ1v) is 12.4. The molecule has 1 aliphatic rings. The van der Waals surface area contributed by atoms with Gasteiger partial charge in [0.1, 0.15) is 5.82 Å². The van der Waals surface area contributed by atoms with E-state index in [0.717, 1.165) is 49.2 Å². The number of halogens is 1. The molecule has 0 saturated carbocycles. The topological polar surface area (TPSA) is 95.6 Å². The van der Waals surface area contributed by atoms with Gasteiger partial charge in [-0.3, -0.25) is 14.3 Å². The zero-order chi connectivity index (χ0) is 24.1. The molecule has 0 bridgehead atoms. The Morgan fingerprint density at radius 2 is 1.74 bits per heavy atom. The van der Waals surface area contributed by atoms with Crippen LogP contribution in [0, 0.1) is 5.82 Å². The number of nitrogens with one attached hydrogen (secondary N) is 2. The van der Waals surface area contributed by atoms with Crippen LogP contribution in [0.5, 0.6) is 0 Å². The van der Waals surface area contributed by atoms with Gasteiger partial charge in [-0.05, 0) is 66.9 Å². The predicted octanol–water partition coefficient (Wildman–Crippen LogP) is 4.39. The summed E-state index contributed by atoms with van der Waals surface area (Å²) < 4.78 is 41.0. The maximum atomic E-state index is 13.2. The largest absolute Gasteiger partial charge is 0.338 e. The summed E-state index contributed by atoms with van der Waals surface area (Å²) in [5, 5.41) is 2.79. The van der Waals surface area contributed by atoms with Crippen LogP contribution < -0.4 is 10.0 Å². The molecule has 0 atom stereocenters. The van der Waals surface area contributed by atoms with Gasteiger partial charge in [0.25, 0.3) is 15.9 Å². The van der Waals surface area contributed by atoms with Crippen LogP contribution in [-0.2, 0) is 21.4 Å². The van der Waals surface area contributed by atoms with E-state index in [4.69, 9.17) is 0 Å². The predicted molar refractivity (Wildman–Crippen MR) is 127 cm³/mol. The smallest absolute Gasteiger partial charge is 0.261 e. The summed E-state index contributed by atoms with van der Waals surface area (Å²) in [7, 11) is -4.02. The van der Waals surface area contributed by atoms with Crippen molar-refractivity contribution < 1.29 is 22.4 Å². The number of carbonyl (C=O) groups excluding carboxylic acids is 2. The second-order valence-electron chi connectivity index (χ2n) is 8.03. The van der Waals surface area contributed by atoms with Gasteiger partial charge in [-0.25, -0.2) is 12.8 Å². The molecule has 34 heavy (non-hydrogen) atoms. The second kappa shape index (κ2) is 10.0. The molecule has 0 spiro atoms. The monoisotopic (exact) mass is 481 g/mol. The number of para-hydroxylation sites is 1. The molecule has 3 aromatic carbocycles. The number of amides is 2. The van der Waals surface area contributed by atoms with Gasteiger partial charge >= 0.3 is 0 Å². The molecule has 1 heterocycles. The highest BCUT2D eigenvalue weighted by atomic mass is 32.2. The average Bonchev–Trinajstić information content (AvgIpc) is 2.81. The van der Waals surface area contributed by atoms with Crippen LogP contribution in [0.25, 0.3) is 0 Å². The van der Waals surface area contributed by atoms with Crippen molar-refractivity contribution in [3.05, 3.63) is 89.7 Å². The zero-order valence-electron chi connectivity index (χ0n) is 18.3. The third-order valence-electron chi connectivity index (χ3n) is 5.52. The van der Waals surface area contributed by atoms with Crippen molar-refractivity contribution in [1.29, 1.82) is 0 Å². The standard InChI is InChI=1S/C25H24FN3O4S/c26-19-11-13-21(14-12-19)34(32,33)28-23-9-2-1-8-22(23)25(31)27-20-7-5-6-18(16-20)17-29-15-4-3-10-24(29)30/h1-2,5-9,11-14,16,28H,3-4,10,15,17H2,(H,27,31). The molecule has 3 aromatic rings. The molecule has 2 amide bonds. The van der Waals surface area contributed by atoms with Crippen molar-refractivity contribution in [3.63, 3.8) is 0 Å². The third-order valence-corrected chi connectivity index (χ3v) is 6.90. The lowest BCUT2D eigenvalue weighted by Gasteiger charge is -2.26. The average molecular weight is 482 g/mol. The van der Waals surface area contributed by atoms with Gasteiger partial charge in [-0.1, -0.05) is 24.3 Å². The van der Waals surface area contributed by atoms with Gasteiger partial charge in [-0.2, -0.15) is 0 Å². The first-order chi connectivity index (χ1) is 16.3. The first-order valence-electron chi connectivity index (χ1n) is 10.9. The van der Waals surface area contributed by atoms with Gasteiger partial charge in [0.2, 0.25) is 5.91 Å². The minimum Gasteiger partial charge on any atom is -0.338 e. The Bertz CT molecular complexity index is 1310. The minimum absolute atomic E-state index is 0.0967. The highest BCUT2D eigenvalue weighted by Crippen LogP contribution is 2.23. The van der Waals surface area contributed by atoms with Crippen molar-refractivity contribution in [2.75, 3.05) is 16.6 Å². The fraction of sp³-hybridized carbons (Fsp3) is 0.200. The van der Waals surface area contributed by atoms with Crippen LogP contribution in [0.3, 0.4) is 0 Å². The Hall–Kier alpha value is -3.72. The number of nitrogens with zero attached hydrogens (tertiary/aromatic N) is 1. The van der Waals surface area contributed by atoms with Gasteiger partial charge in [-0.15, -0.1) is 0 Å². The normalized spacial score (nSPS) is 14.0. The Morgan fingerprint density at radius 1 is 0.971 bits per heavy atom. The summed E-state index contributed by atoms with van der Waals surface area (Å²) >= 11 is 0. The fourth-order valence-electron chi connectivity index (χ4n) is 3.78. The van der Waals surface area contributed by atoms with Gasteiger partial charge in [0, 0.05) is 25.2 Å². The maximum absolute atomic E-state index is 13.2. The van der Waals surface area contributed by atoms with E-state index in [0.29, 0.717) is 18.7 Å². The molecule has 1 aliphatic heterocycles. The van der Waals surface area contributed by atoms with Crippen LogP contribution in [0.1, 0.15) is 35.2 Å². The van der Waals surface area contributed by atoms with Crippen LogP contribution in [0.2, 0.25) is 0 Å². The number of piperidine rings is 1. The summed E-state index contributed by atoms with van der Waals surface area (Å²) in [6.45, 7) is 1.19. The minimum atomic E-state index is -4.02. The molecule has 0 unspecified atom stereocenters. The molecule has 7 nitrogen and oxygen atoms in total. The van der Waals surface area contributed by atoms with Crippen molar-refractivity contribution in [2.24, 2.45) is 0 Å². The van der Waals surface area contributed by atoms with E-state index in [1.54, 1.807) is 30.3 Å². The van der Waals surface area contributed by atoms with E-state index < -0.39 is 21.7 Å². The number of likely N-dealkylation sites (tertiary alicyclic amines) is 1. The summed E-state index contributed by atoms with van der Waals surface area (Å²) in [5.41, 5.74) is 1.64. The molecule has 0 radical (unpaired) electrons. The molecule has 2 N–H and O–H groups in total. The summed E-state index contributed by atoms with van der Waals surface area (Å²) in [4.78, 5) is 26.8. The lowest BCUT2D eigenvalue weighted by atomic mass is 10.1. The van der Waals surface area contributed by atoms with E-state index >= 15 is 0 Å². The number of rotatable bonds is 7. The SMILES string of the molecule is O=C(Nc1cccc(CN2CCCCC2=O)c1)c1ccccc1NS(=O)(=O)c1ccc(F)cc1. The van der Waals surface area contributed by atoms with Gasteiger partial charge in [0.15, 0.2) is 0 Å². The second-order valence-corrected chi connectivity index (χ2v) is 9.71. The van der Waals surface area contributed by atoms with E-state index in [2.05, 4.69) is 10.0 Å². The quantitative estimate of drug-likeness (QED) is 0.523. The van der Waals surface area contributed by atoms with E-state index in [1.165, 1.54) is 12.1 Å². The van der Waals surface area contributed by atoms with E-state index in [9.17, 15) is 22.4 Å². The molecule has 4 rings (SSSR count). The number of carbonyl (C=O) groups is 2. The zero-order valence-corrected chi connectivity index (χ0v) is 19.1. The molecule has 9 heteroatoms. The number of hydrogen-bond acceptors (Lipinski definition) is 4. The highest BCUT2D eigenvalue weighted by molar-refractivity contribution is 7.92. The molecular formula is C25H24FN3O4S. The van der Waals surface area contributed by atoms with Gasteiger partial charge < -0.3 is 10.2 Å². The Balaban J connectivity index is 1.50. The van der Waals surface area contributed by atoms with Crippen LogP contribution in [-0.4, -0.2) is 31.7 Å². The van der Waals surface area contributed by atoms with E-state index in [-0.39, 0.29) is 22.1 Å². The molecule has 0 aromatic heterocycles. The third kappa shape index (κ3) is 5.60. The molecule has 1 fully saturated rings. The number of sulfonamides is 1. The van der Waals surface area contributed by atoms with Crippen LogP contribution in [0.15, 0.2) is 77.7 Å².